The Morgan fingerprint density at radius 3 is 2.44 bits per heavy atom. The fraction of sp³-hybridized carbons (Fsp3) is 0.542. The van der Waals surface area contributed by atoms with E-state index in [1.54, 1.807) is 27.6 Å². The predicted octanol–water partition coefficient (Wildman–Crippen LogP) is 5.83. The molecule has 0 heterocycles. The molecule has 0 aromatic heterocycles. The molecule has 3 nitrogen and oxygen atoms in total. The van der Waals surface area contributed by atoms with Crippen molar-refractivity contribution in [3.63, 3.8) is 0 Å². The highest BCUT2D eigenvalue weighted by molar-refractivity contribution is 5.63. The zero-order valence-corrected chi connectivity index (χ0v) is 17.8. The molecule has 1 unspecified atom stereocenters. The third kappa shape index (κ3) is 3.08. The van der Waals surface area contributed by atoms with Gasteiger partial charge in [0.1, 0.15) is 17.8 Å². The second kappa shape index (κ2) is 7.48. The van der Waals surface area contributed by atoms with E-state index in [1.165, 1.54) is 33.4 Å². The lowest BCUT2D eigenvalue weighted by Gasteiger charge is -2.44. The minimum atomic E-state index is -0.0238. The second-order valence-corrected chi connectivity index (χ2v) is 8.12. The number of fused-ring (bicyclic) bond motifs is 3. The first-order chi connectivity index (χ1) is 12.9. The van der Waals surface area contributed by atoms with Crippen LogP contribution in [-0.2, 0) is 16.6 Å². The van der Waals surface area contributed by atoms with Crippen LogP contribution in [0.2, 0.25) is 0 Å². The lowest BCUT2D eigenvalue weighted by atomic mass is 9.60. The maximum Gasteiger partial charge on any atom is 0.126 e. The molecule has 0 radical (unpaired) electrons. The molecule has 2 aliphatic rings. The van der Waals surface area contributed by atoms with Gasteiger partial charge in [-0.3, -0.25) is 0 Å². The van der Waals surface area contributed by atoms with Crippen LogP contribution in [0.15, 0.2) is 34.8 Å². The minimum absolute atomic E-state index is 0.0238. The van der Waals surface area contributed by atoms with Gasteiger partial charge in [0.25, 0.3) is 0 Å². The van der Waals surface area contributed by atoms with Gasteiger partial charge in [-0.15, -0.1) is 0 Å². The van der Waals surface area contributed by atoms with Crippen molar-refractivity contribution >= 4 is 0 Å². The van der Waals surface area contributed by atoms with Crippen LogP contribution in [0.25, 0.3) is 0 Å². The van der Waals surface area contributed by atoms with Gasteiger partial charge in [-0.25, -0.2) is 0 Å². The lowest BCUT2D eigenvalue weighted by Crippen LogP contribution is -2.35. The summed E-state index contributed by atoms with van der Waals surface area (Å²) in [6.07, 6.45) is 5.74. The van der Waals surface area contributed by atoms with Crippen LogP contribution < -0.4 is 9.47 Å². The first-order valence-corrected chi connectivity index (χ1v) is 9.84. The summed E-state index contributed by atoms with van der Waals surface area (Å²) in [6, 6.07) is 2.20. The smallest absolute Gasteiger partial charge is 0.126 e. The number of methoxy groups -OCH3 is 3. The Morgan fingerprint density at radius 1 is 1.11 bits per heavy atom. The summed E-state index contributed by atoms with van der Waals surface area (Å²) in [4.78, 5) is 0. The Balaban J connectivity index is 2.28. The molecule has 3 heteroatoms. The molecule has 0 fully saturated rings. The van der Waals surface area contributed by atoms with Crippen LogP contribution in [0.5, 0.6) is 11.5 Å². The van der Waals surface area contributed by atoms with E-state index in [9.17, 15) is 0 Å². The molecular weight excluding hydrogens is 336 g/mol. The van der Waals surface area contributed by atoms with E-state index in [0.717, 1.165) is 37.2 Å². The van der Waals surface area contributed by atoms with Gasteiger partial charge in [-0.05, 0) is 50.2 Å². The molecule has 146 valence electrons. The molecule has 1 aromatic rings. The van der Waals surface area contributed by atoms with Gasteiger partial charge in [-0.1, -0.05) is 32.1 Å². The van der Waals surface area contributed by atoms with Crippen LogP contribution >= 0.6 is 0 Å². The number of rotatable bonds is 4. The molecule has 0 saturated heterocycles. The molecule has 0 aliphatic heterocycles. The van der Waals surface area contributed by atoms with Crippen molar-refractivity contribution in [3.8, 4) is 11.5 Å². The minimum Gasteiger partial charge on any atom is -0.496 e. The highest BCUT2D eigenvalue weighted by Crippen LogP contribution is 2.56. The van der Waals surface area contributed by atoms with E-state index in [2.05, 4.69) is 39.5 Å². The topological polar surface area (TPSA) is 27.7 Å². The monoisotopic (exact) mass is 368 g/mol. The van der Waals surface area contributed by atoms with Crippen molar-refractivity contribution in [2.24, 2.45) is 0 Å². The van der Waals surface area contributed by atoms with Gasteiger partial charge in [0, 0.05) is 27.7 Å². The standard InChI is InChI=1S/C24H32O3/c1-15(2)19-14-21(26-6)22-18(23(19)27-7)8-9-20-16(3)17(11-13-25-5)10-12-24(20,22)4/h13-15H,8-10,12H2,1-7H3. The van der Waals surface area contributed by atoms with E-state index in [-0.39, 0.29) is 5.41 Å². The fourth-order valence-electron chi connectivity index (χ4n) is 5.00. The Bertz CT molecular complexity index is 838. The van der Waals surface area contributed by atoms with E-state index in [4.69, 9.17) is 14.2 Å². The molecule has 0 spiro atoms. The SMILES string of the molecule is COC=C=C1CCC2(C)C(=C1C)CCc1c(OC)c(C(C)C)cc(OC)c12. The summed E-state index contributed by atoms with van der Waals surface area (Å²) < 4.78 is 16.9. The normalized spacial score (nSPS) is 21.4. The number of allylic oxidation sites excluding steroid dienone is 3. The average Bonchev–Trinajstić information content (AvgIpc) is 2.65. The molecule has 0 bridgehead atoms. The highest BCUT2D eigenvalue weighted by Gasteiger charge is 2.43. The summed E-state index contributed by atoms with van der Waals surface area (Å²) in [5, 5.41) is 0. The quantitative estimate of drug-likeness (QED) is 0.494. The van der Waals surface area contributed by atoms with E-state index in [0.29, 0.717) is 5.92 Å². The number of benzene rings is 1. The Hall–Kier alpha value is -2.12. The van der Waals surface area contributed by atoms with E-state index >= 15 is 0 Å². The zero-order chi connectivity index (χ0) is 19.8. The molecular formula is C24H32O3. The third-order valence-electron chi connectivity index (χ3n) is 6.39. The average molecular weight is 369 g/mol. The van der Waals surface area contributed by atoms with E-state index in [1.807, 2.05) is 0 Å². The summed E-state index contributed by atoms with van der Waals surface area (Å²) in [5.74, 6) is 2.45. The van der Waals surface area contributed by atoms with Crippen molar-refractivity contribution in [2.75, 3.05) is 21.3 Å². The summed E-state index contributed by atoms with van der Waals surface area (Å²) >= 11 is 0. The van der Waals surface area contributed by atoms with Gasteiger partial charge in [0.05, 0.1) is 21.3 Å². The molecule has 0 amide bonds. The summed E-state index contributed by atoms with van der Waals surface area (Å²) in [6.45, 7) is 9.03. The Morgan fingerprint density at radius 2 is 1.85 bits per heavy atom. The van der Waals surface area contributed by atoms with Crippen LogP contribution in [0, 0.1) is 0 Å². The highest BCUT2D eigenvalue weighted by atomic mass is 16.5. The van der Waals surface area contributed by atoms with Crippen molar-refractivity contribution in [3.05, 3.63) is 51.5 Å². The second-order valence-electron chi connectivity index (χ2n) is 8.12. The third-order valence-corrected chi connectivity index (χ3v) is 6.39. The molecule has 1 aromatic carbocycles. The lowest BCUT2D eigenvalue weighted by molar-refractivity contribution is 0.338. The van der Waals surface area contributed by atoms with Crippen LogP contribution in [0.1, 0.15) is 69.6 Å². The van der Waals surface area contributed by atoms with E-state index < -0.39 is 0 Å². The number of ether oxygens (including phenoxy) is 3. The van der Waals surface area contributed by atoms with Crippen LogP contribution in [-0.4, -0.2) is 21.3 Å². The van der Waals surface area contributed by atoms with Gasteiger partial charge in [0.15, 0.2) is 0 Å². The molecule has 3 rings (SSSR count). The Labute approximate surface area is 163 Å². The largest absolute Gasteiger partial charge is 0.496 e. The van der Waals surface area contributed by atoms with Gasteiger partial charge in [0.2, 0.25) is 0 Å². The molecule has 1 atom stereocenters. The molecule has 27 heavy (non-hydrogen) atoms. The van der Waals surface area contributed by atoms with Gasteiger partial charge < -0.3 is 14.2 Å². The number of hydrogen-bond acceptors (Lipinski definition) is 3. The van der Waals surface area contributed by atoms with Crippen LogP contribution in [0.4, 0.5) is 0 Å². The Kier molecular flexibility index (Phi) is 5.44. The first-order valence-electron chi connectivity index (χ1n) is 9.84. The predicted molar refractivity (Wildman–Crippen MR) is 110 cm³/mol. The summed E-state index contributed by atoms with van der Waals surface area (Å²) in [7, 11) is 5.25. The van der Waals surface area contributed by atoms with Gasteiger partial charge >= 0.3 is 0 Å². The first kappa shape index (κ1) is 19.6. The fourth-order valence-corrected chi connectivity index (χ4v) is 5.00. The molecule has 0 N–H and O–H groups in total. The van der Waals surface area contributed by atoms with Crippen molar-refractivity contribution in [1.82, 2.24) is 0 Å². The maximum atomic E-state index is 5.92. The number of hydrogen-bond donors (Lipinski definition) is 0. The van der Waals surface area contributed by atoms with Crippen molar-refractivity contribution in [1.29, 1.82) is 0 Å². The zero-order valence-electron chi connectivity index (χ0n) is 17.8. The van der Waals surface area contributed by atoms with Crippen molar-refractivity contribution in [2.45, 2.75) is 64.7 Å². The van der Waals surface area contributed by atoms with Crippen LogP contribution in [0.3, 0.4) is 0 Å². The van der Waals surface area contributed by atoms with Crippen molar-refractivity contribution < 1.29 is 14.2 Å². The molecule has 0 saturated carbocycles. The summed E-state index contributed by atoms with van der Waals surface area (Å²) in [5.41, 5.74) is 11.3. The maximum absolute atomic E-state index is 5.92. The molecule has 2 aliphatic carbocycles. The van der Waals surface area contributed by atoms with Gasteiger partial charge in [-0.2, -0.15) is 0 Å².